The summed E-state index contributed by atoms with van der Waals surface area (Å²) in [5.41, 5.74) is 0. The lowest BCUT2D eigenvalue weighted by atomic mass is 10.0. The second-order valence-corrected chi connectivity index (χ2v) is 5.15. The number of carboxylic acids is 1. The average molecular weight is 242 g/mol. The van der Waals surface area contributed by atoms with Crippen molar-refractivity contribution in [3.63, 3.8) is 0 Å². The minimum absolute atomic E-state index is 0.147. The molecule has 1 aliphatic heterocycles. The van der Waals surface area contributed by atoms with E-state index in [0.29, 0.717) is 18.8 Å². The smallest absolute Gasteiger partial charge is 0.326 e. The van der Waals surface area contributed by atoms with Crippen LogP contribution >= 0.6 is 0 Å². The van der Waals surface area contributed by atoms with Gasteiger partial charge in [-0.05, 0) is 37.8 Å². The molecule has 3 N–H and O–H groups in total. The SMILES string of the molecule is CC(C)C[C@H](NC(=O)CC1CCNC1)C(=O)O. The maximum atomic E-state index is 11.7. The summed E-state index contributed by atoms with van der Waals surface area (Å²) in [7, 11) is 0. The van der Waals surface area contributed by atoms with Gasteiger partial charge in [0.25, 0.3) is 0 Å². The van der Waals surface area contributed by atoms with Gasteiger partial charge in [0.15, 0.2) is 0 Å². The molecule has 0 spiro atoms. The molecule has 98 valence electrons. The number of hydrogen-bond acceptors (Lipinski definition) is 3. The number of hydrogen-bond donors (Lipinski definition) is 3. The van der Waals surface area contributed by atoms with Crippen LogP contribution in [0.15, 0.2) is 0 Å². The molecule has 1 saturated heterocycles. The van der Waals surface area contributed by atoms with Gasteiger partial charge in [0.2, 0.25) is 5.91 Å². The summed E-state index contributed by atoms with van der Waals surface area (Å²) in [6.07, 6.45) is 1.90. The fourth-order valence-corrected chi connectivity index (χ4v) is 2.10. The molecule has 1 unspecified atom stereocenters. The van der Waals surface area contributed by atoms with E-state index < -0.39 is 12.0 Å². The molecule has 0 aromatic heterocycles. The molecule has 0 saturated carbocycles. The maximum Gasteiger partial charge on any atom is 0.326 e. The highest BCUT2D eigenvalue weighted by Crippen LogP contribution is 2.12. The Balaban J connectivity index is 2.37. The van der Waals surface area contributed by atoms with Crippen LogP contribution in [0.4, 0.5) is 0 Å². The zero-order valence-electron chi connectivity index (χ0n) is 10.5. The van der Waals surface area contributed by atoms with E-state index in [9.17, 15) is 9.59 Å². The van der Waals surface area contributed by atoms with E-state index >= 15 is 0 Å². The fourth-order valence-electron chi connectivity index (χ4n) is 2.10. The monoisotopic (exact) mass is 242 g/mol. The zero-order chi connectivity index (χ0) is 12.8. The molecule has 1 aliphatic rings. The summed E-state index contributed by atoms with van der Waals surface area (Å²) in [5, 5.41) is 14.8. The van der Waals surface area contributed by atoms with E-state index in [1.54, 1.807) is 0 Å². The number of nitrogens with one attached hydrogen (secondary N) is 2. The maximum absolute atomic E-state index is 11.7. The quantitative estimate of drug-likeness (QED) is 0.637. The first-order valence-electron chi connectivity index (χ1n) is 6.22. The molecule has 1 rings (SSSR count). The van der Waals surface area contributed by atoms with Gasteiger partial charge in [0.1, 0.15) is 6.04 Å². The van der Waals surface area contributed by atoms with Gasteiger partial charge in [0.05, 0.1) is 0 Å². The van der Waals surface area contributed by atoms with Crippen molar-refractivity contribution in [2.24, 2.45) is 11.8 Å². The Morgan fingerprint density at radius 3 is 2.65 bits per heavy atom. The van der Waals surface area contributed by atoms with E-state index in [2.05, 4.69) is 10.6 Å². The Morgan fingerprint density at radius 1 is 1.47 bits per heavy atom. The predicted octanol–water partition coefficient (Wildman–Crippen LogP) is 0.602. The van der Waals surface area contributed by atoms with Crippen LogP contribution in [0.1, 0.15) is 33.1 Å². The van der Waals surface area contributed by atoms with Crippen LogP contribution < -0.4 is 10.6 Å². The summed E-state index contributed by atoms with van der Waals surface area (Å²) < 4.78 is 0. The Hall–Kier alpha value is -1.10. The van der Waals surface area contributed by atoms with Crippen molar-refractivity contribution in [3.8, 4) is 0 Å². The second kappa shape index (κ2) is 6.59. The molecule has 5 nitrogen and oxygen atoms in total. The van der Waals surface area contributed by atoms with E-state index in [4.69, 9.17) is 5.11 Å². The van der Waals surface area contributed by atoms with E-state index in [-0.39, 0.29) is 11.8 Å². The summed E-state index contributed by atoms with van der Waals surface area (Å²) in [6.45, 7) is 5.70. The second-order valence-electron chi connectivity index (χ2n) is 5.15. The van der Waals surface area contributed by atoms with Gasteiger partial charge in [-0.1, -0.05) is 13.8 Å². The summed E-state index contributed by atoms with van der Waals surface area (Å²) in [4.78, 5) is 22.7. The van der Waals surface area contributed by atoms with E-state index in [0.717, 1.165) is 19.5 Å². The third-order valence-electron chi connectivity index (χ3n) is 2.98. The van der Waals surface area contributed by atoms with Crippen molar-refractivity contribution in [2.45, 2.75) is 39.2 Å². The number of aliphatic carboxylic acids is 1. The molecule has 0 bridgehead atoms. The predicted molar refractivity (Wildman–Crippen MR) is 64.6 cm³/mol. The topological polar surface area (TPSA) is 78.4 Å². The number of rotatable bonds is 6. The van der Waals surface area contributed by atoms with Crippen molar-refractivity contribution in [1.29, 1.82) is 0 Å². The van der Waals surface area contributed by atoms with Gasteiger partial charge in [-0.25, -0.2) is 4.79 Å². The van der Waals surface area contributed by atoms with Crippen LogP contribution in [0.2, 0.25) is 0 Å². The van der Waals surface area contributed by atoms with E-state index in [1.165, 1.54) is 0 Å². The van der Waals surface area contributed by atoms with Crippen LogP contribution in [-0.4, -0.2) is 36.1 Å². The zero-order valence-corrected chi connectivity index (χ0v) is 10.5. The number of carbonyl (C=O) groups is 2. The molecule has 0 aliphatic carbocycles. The molecule has 0 aromatic carbocycles. The molecule has 2 atom stereocenters. The average Bonchev–Trinajstić information content (AvgIpc) is 2.68. The van der Waals surface area contributed by atoms with Crippen LogP contribution in [0.25, 0.3) is 0 Å². The Morgan fingerprint density at radius 2 is 2.18 bits per heavy atom. The van der Waals surface area contributed by atoms with Gasteiger partial charge < -0.3 is 15.7 Å². The van der Waals surface area contributed by atoms with Gasteiger partial charge in [-0.3, -0.25) is 4.79 Å². The van der Waals surface area contributed by atoms with Crippen LogP contribution in [0.5, 0.6) is 0 Å². The summed E-state index contributed by atoms with van der Waals surface area (Å²) in [5.74, 6) is -0.489. The highest BCUT2D eigenvalue weighted by Gasteiger charge is 2.23. The lowest BCUT2D eigenvalue weighted by Gasteiger charge is -2.17. The Bertz CT molecular complexity index is 273. The molecule has 1 heterocycles. The first kappa shape index (κ1) is 14.0. The standard InChI is InChI=1S/C12H22N2O3/c1-8(2)5-10(12(16)17)14-11(15)6-9-3-4-13-7-9/h8-10,13H,3-7H2,1-2H3,(H,14,15)(H,16,17)/t9?,10-/m0/s1. The van der Waals surface area contributed by atoms with Crippen LogP contribution in [0, 0.1) is 11.8 Å². The van der Waals surface area contributed by atoms with Gasteiger partial charge in [-0.15, -0.1) is 0 Å². The van der Waals surface area contributed by atoms with Crippen molar-refractivity contribution >= 4 is 11.9 Å². The molecule has 1 fully saturated rings. The van der Waals surface area contributed by atoms with E-state index in [1.807, 2.05) is 13.8 Å². The van der Waals surface area contributed by atoms with Crippen molar-refractivity contribution in [3.05, 3.63) is 0 Å². The number of carbonyl (C=O) groups excluding carboxylic acids is 1. The highest BCUT2D eigenvalue weighted by atomic mass is 16.4. The first-order chi connectivity index (χ1) is 7.99. The number of amides is 1. The highest BCUT2D eigenvalue weighted by molar-refractivity contribution is 5.83. The first-order valence-corrected chi connectivity index (χ1v) is 6.22. The van der Waals surface area contributed by atoms with Gasteiger partial charge in [-0.2, -0.15) is 0 Å². The fraction of sp³-hybridized carbons (Fsp3) is 0.833. The molecule has 0 aromatic rings. The summed E-state index contributed by atoms with van der Waals surface area (Å²) >= 11 is 0. The molecule has 0 radical (unpaired) electrons. The molecule has 5 heteroatoms. The van der Waals surface area contributed by atoms with Crippen LogP contribution in [-0.2, 0) is 9.59 Å². The molecule has 1 amide bonds. The lowest BCUT2D eigenvalue weighted by molar-refractivity contribution is -0.142. The third kappa shape index (κ3) is 5.17. The lowest BCUT2D eigenvalue weighted by Crippen LogP contribution is -2.42. The van der Waals surface area contributed by atoms with Crippen molar-refractivity contribution in [1.82, 2.24) is 10.6 Å². The van der Waals surface area contributed by atoms with Gasteiger partial charge >= 0.3 is 5.97 Å². The molecular weight excluding hydrogens is 220 g/mol. The Kier molecular flexibility index (Phi) is 5.41. The van der Waals surface area contributed by atoms with Gasteiger partial charge in [0, 0.05) is 6.42 Å². The third-order valence-corrected chi connectivity index (χ3v) is 2.98. The van der Waals surface area contributed by atoms with Crippen LogP contribution in [0.3, 0.4) is 0 Å². The number of carboxylic acid groups (broad SMARTS) is 1. The Labute approximate surface area is 102 Å². The minimum atomic E-state index is -0.948. The van der Waals surface area contributed by atoms with Crippen molar-refractivity contribution < 1.29 is 14.7 Å². The normalized spacial score (nSPS) is 21.5. The van der Waals surface area contributed by atoms with Crippen molar-refractivity contribution in [2.75, 3.05) is 13.1 Å². The largest absolute Gasteiger partial charge is 0.480 e. The summed E-state index contributed by atoms with van der Waals surface area (Å²) in [6, 6.07) is -0.753. The molecular formula is C12H22N2O3. The molecule has 17 heavy (non-hydrogen) atoms. The minimum Gasteiger partial charge on any atom is -0.480 e.